The lowest BCUT2D eigenvalue weighted by Crippen LogP contribution is -2.23. The molecule has 1 fully saturated rings. The molecule has 0 aliphatic heterocycles. The van der Waals surface area contributed by atoms with E-state index in [0.717, 1.165) is 17.2 Å². The van der Waals surface area contributed by atoms with Crippen LogP contribution < -0.4 is 5.32 Å². The molecule has 1 aliphatic rings. The van der Waals surface area contributed by atoms with Crippen LogP contribution >= 0.6 is 0 Å². The van der Waals surface area contributed by atoms with E-state index in [4.69, 9.17) is 4.98 Å². The van der Waals surface area contributed by atoms with Crippen LogP contribution in [0.15, 0.2) is 79.0 Å². The van der Waals surface area contributed by atoms with Gasteiger partial charge in [-0.05, 0) is 52.6 Å². The standard InChI is InChI=1S/C27H25N3/c1-2-12-21(13-3-1)28-27-26(29-24-16-8-9-17-30(24)27)25-22-14-6-4-10-19(22)18-20-11-5-7-15-23(20)25/h4-11,14-18,21,28H,1-3,12-13H2. The third kappa shape index (κ3) is 2.85. The van der Waals surface area contributed by atoms with Gasteiger partial charge >= 0.3 is 0 Å². The molecule has 148 valence electrons. The number of hydrogen-bond acceptors (Lipinski definition) is 2. The molecule has 0 bridgehead atoms. The molecule has 3 nitrogen and oxygen atoms in total. The summed E-state index contributed by atoms with van der Waals surface area (Å²) in [6.45, 7) is 0. The molecule has 1 aliphatic carbocycles. The third-order valence-corrected chi connectivity index (χ3v) is 6.48. The Labute approximate surface area is 176 Å². The number of fused-ring (bicyclic) bond motifs is 3. The van der Waals surface area contributed by atoms with Gasteiger partial charge in [-0.15, -0.1) is 0 Å². The molecule has 30 heavy (non-hydrogen) atoms. The molecule has 0 unspecified atom stereocenters. The zero-order valence-corrected chi connectivity index (χ0v) is 17.0. The Balaban J connectivity index is 1.66. The van der Waals surface area contributed by atoms with Crippen molar-refractivity contribution in [3.8, 4) is 11.3 Å². The summed E-state index contributed by atoms with van der Waals surface area (Å²) in [6.07, 6.45) is 8.56. The number of anilines is 1. The van der Waals surface area contributed by atoms with E-state index in [-0.39, 0.29) is 0 Å². The SMILES string of the molecule is c1ccc2c(-c3nc4ccccn4c3NC3CCCCC3)c3ccccc3cc2c1. The number of rotatable bonds is 3. The van der Waals surface area contributed by atoms with E-state index in [2.05, 4.69) is 88.7 Å². The van der Waals surface area contributed by atoms with Gasteiger partial charge in [-0.3, -0.25) is 4.40 Å². The molecule has 0 radical (unpaired) electrons. The third-order valence-electron chi connectivity index (χ3n) is 6.48. The van der Waals surface area contributed by atoms with Gasteiger partial charge in [0.2, 0.25) is 0 Å². The molecule has 0 atom stereocenters. The lowest BCUT2D eigenvalue weighted by atomic mass is 9.93. The number of hydrogen-bond donors (Lipinski definition) is 1. The van der Waals surface area contributed by atoms with Gasteiger partial charge in [-0.1, -0.05) is 73.9 Å². The number of aromatic nitrogens is 2. The minimum atomic E-state index is 0.513. The normalized spacial score (nSPS) is 15.2. The highest BCUT2D eigenvalue weighted by atomic mass is 15.1. The second-order valence-electron chi connectivity index (χ2n) is 8.41. The molecule has 0 spiro atoms. The van der Waals surface area contributed by atoms with Crippen molar-refractivity contribution >= 4 is 33.0 Å². The Hall–Kier alpha value is -3.33. The van der Waals surface area contributed by atoms with E-state index in [1.807, 2.05) is 0 Å². The predicted octanol–water partition coefficient (Wildman–Crippen LogP) is 7.05. The van der Waals surface area contributed by atoms with Gasteiger partial charge in [-0.2, -0.15) is 0 Å². The van der Waals surface area contributed by atoms with Gasteiger partial charge in [0.05, 0.1) is 0 Å². The first-order valence-corrected chi connectivity index (χ1v) is 11.0. The van der Waals surface area contributed by atoms with E-state index in [1.54, 1.807) is 0 Å². The van der Waals surface area contributed by atoms with Crippen LogP contribution in [0.1, 0.15) is 32.1 Å². The number of imidazole rings is 1. The average molecular weight is 392 g/mol. The van der Waals surface area contributed by atoms with Crippen molar-refractivity contribution in [3.05, 3.63) is 79.0 Å². The maximum absolute atomic E-state index is 5.15. The quantitative estimate of drug-likeness (QED) is 0.334. The molecule has 0 saturated heterocycles. The van der Waals surface area contributed by atoms with Crippen LogP contribution in [0.4, 0.5) is 5.82 Å². The molecule has 3 heteroatoms. The number of benzene rings is 3. The first-order chi connectivity index (χ1) is 14.9. The van der Waals surface area contributed by atoms with Crippen molar-refractivity contribution < 1.29 is 0 Å². The second kappa shape index (κ2) is 7.17. The van der Waals surface area contributed by atoms with E-state index < -0.39 is 0 Å². The van der Waals surface area contributed by atoms with Crippen LogP contribution in [0.25, 0.3) is 38.4 Å². The summed E-state index contributed by atoms with van der Waals surface area (Å²) in [5.41, 5.74) is 3.27. The minimum Gasteiger partial charge on any atom is -0.367 e. The van der Waals surface area contributed by atoms with E-state index in [1.165, 1.54) is 59.2 Å². The maximum Gasteiger partial charge on any atom is 0.139 e. The van der Waals surface area contributed by atoms with Crippen LogP contribution in [-0.2, 0) is 0 Å². The highest BCUT2D eigenvalue weighted by Crippen LogP contribution is 2.40. The fourth-order valence-electron chi connectivity index (χ4n) is 5.02. The Kier molecular flexibility index (Phi) is 4.19. The highest BCUT2D eigenvalue weighted by Gasteiger charge is 2.22. The van der Waals surface area contributed by atoms with Gasteiger partial charge in [0.15, 0.2) is 0 Å². The lowest BCUT2D eigenvalue weighted by molar-refractivity contribution is 0.462. The molecule has 1 saturated carbocycles. The zero-order valence-electron chi connectivity index (χ0n) is 17.0. The molecular formula is C27H25N3. The van der Waals surface area contributed by atoms with Crippen LogP contribution in [0.3, 0.4) is 0 Å². The predicted molar refractivity (Wildman–Crippen MR) is 126 cm³/mol. The molecular weight excluding hydrogens is 366 g/mol. The molecule has 3 aromatic carbocycles. The molecule has 2 heterocycles. The summed E-state index contributed by atoms with van der Waals surface area (Å²) in [6, 6.07) is 26.4. The van der Waals surface area contributed by atoms with E-state index >= 15 is 0 Å². The Bertz CT molecular complexity index is 1300. The number of nitrogens with one attached hydrogen (secondary N) is 1. The highest BCUT2D eigenvalue weighted by molar-refractivity contribution is 6.13. The largest absolute Gasteiger partial charge is 0.367 e. The van der Waals surface area contributed by atoms with Gasteiger partial charge in [-0.25, -0.2) is 4.98 Å². The summed E-state index contributed by atoms with van der Waals surface area (Å²) in [4.78, 5) is 5.15. The molecule has 2 aromatic heterocycles. The number of pyridine rings is 1. The Morgan fingerprint density at radius 1 is 0.767 bits per heavy atom. The first-order valence-electron chi connectivity index (χ1n) is 11.0. The average Bonchev–Trinajstić information content (AvgIpc) is 3.16. The van der Waals surface area contributed by atoms with Crippen LogP contribution in [0, 0.1) is 0 Å². The minimum absolute atomic E-state index is 0.513. The fourth-order valence-corrected chi connectivity index (χ4v) is 5.02. The van der Waals surface area contributed by atoms with Crippen molar-refractivity contribution in [3.63, 3.8) is 0 Å². The van der Waals surface area contributed by atoms with Crippen molar-refractivity contribution in [1.29, 1.82) is 0 Å². The van der Waals surface area contributed by atoms with E-state index in [9.17, 15) is 0 Å². The zero-order chi connectivity index (χ0) is 19.9. The van der Waals surface area contributed by atoms with Crippen molar-refractivity contribution in [2.24, 2.45) is 0 Å². The fraction of sp³-hybridized carbons (Fsp3) is 0.222. The van der Waals surface area contributed by atoms with Gasteiger partial charge in [0.25, 0.3) is 0 Å². The molecule has 1 N–H and O–H groups in total. The molecule has 0 amide bonds. The van der Waals surface area contributed by atoms with Crippen molar-refractivity contribution in [1.82, 2.24) is 9.38 Å². The van der Waals surface area contributed by atoms with Crippen LogP contribution in [0.2, 0.25) is 0 Å². The van der Waals surface area contributed by atoms with Crippen LogP contribution in [-0.4, -0.2) is 15.4 Å². The molecule has 5 aromatic rings. The van der Waals surface area contributed by atoms with Gasteiger partial charge in [0, 0.05) is 17.8 Å². The van der Waals surface area contributed by atoms with Crippen molar-refractivity contribution in [2.45, 2.75) is 38.1 Å². The van der Waals surface area contributed by atoms with Crippen LogP contribution in [0.5, 0.6) is 0 Å². The topological polar surface area (TPSA) is 29.3 Å². The first kappa shape index (κ1) is 17.5. The van der Waals surface area contributed by atoms with Gasteiger partial charge < -0.3 is 5.32 Å². The summed E-state index contributed by atoms with van der Waals surface area (Å²) in [7, 11) is 0. The monoisotopic (exact) mass is 391 g/mol. The maximum atomic E-state index is 5.15. The summed E-state index contributed by atoms with van der Waals surface area (Å²) in [5, 5.41) is 8.93. The summed E-state index contributed by atoms with van der Waals surface area (Å²) in [5.74, 6) is 1.12. The summed E-state index contributed by atoms with van der Waals surface area (Å²) >= 11 is 0. The molecule has 6 rings (SSSR count). The van der Waals surface area contributed by atoms with E-state index in [0.29, 0.717) is 6.04 Å². The number of nitrogens with zero attached hydrogens (tertiary/aromatic N) is 2. The lowest BCUT2D eigenvalue weighted by Gasteiger charge is -2.24. The van der Waals surface area contributed by atoms with Crippen molar-refractivity contribution in [2.75, 3.05) is 5.32 Å². The van der Waals surface area contributed by atoms with Gasteiger partial charge in [0.1, 0.15) is 17.2 Å². The Morgan fingerprint density at radius 2 is 1.43 bits per heavy atom. The smallest absolute Gasteiger partial charge is 0.139 e. The second-order valence-corrected chi connectivity index (χ2v) is 8.41. The Morgan fingerprint density at radius 3 is 2.17 bits per heavy atom. The summed E-state index contributed by atoms with van der Waals surface area (Å²) < 4.78 is 2.22.